The van der Waals surface area contributed by atoms with Crippen LogP contribution in [0.15, 0.2) is 0 Å². The van der Waals surface area contributed by atoms with Crippen LogP contribution in [0.3, 0.4) is 0 Å². The third-order valence-electron chi connectivity index (χ3n) is 4.41. The smallest absolute Gasteiger partial charge is 0.253 e. The molecule has 0 unspecified atom stereocenters. The highest BCUT2D eigenvalue weighted by atomic mass is 19.3. The Bertz CT molecular complexity index is 230. The van der Waals surface area contributed by atoms with E-state index in [1.165, 1.54) is 0 Å². The maximum absolute atomic E-state index is 13.8. The first-order valence-corrected chi connectivity index (χ1v) is 6.09. The average molecular weight is 217 g/mol. The second-order valence-corrected chi connectivity index (χ2v) is 5.47. The number of piperidine rings is 1. The van der Waals surface area contributed by atoms with Gasteiger partial charge in [-0.05, 0) is 52.6 Å². The van der Waals surface area contributed by atoms with Crippen molar-refractivity contribution in [3.8, 4) is 0 Å². The van der Waals surface area contributed by atoms with E-state index in [1.807, 2.05) is 0 Å². The van der Waals surface area contributed by atoms with Gasteiger partial charge in [-0.1, -0.05) is 0 Å². The van der Waals surface area contributed by atoms with Gasteiger partial charge in [-0.3, -0.25) is 0 Å². The van der Waals surface area contributed by atoms with Crippen LogP contribution in [0.4, 0.5) is 8.78 Å². The fraction of sp³-hybridized carbons (Fsp3) is 1.00. The summed E-state index contributed by atoms with van der Waals surface area (Å²) in [6, 6.07) is 0.498. The molecule has 0 aromatic carbocycles. The van der Waals surface area contributed by atoms with E-state index < -0.39 is 11.3 Å². The van der Waals surface area contributed by atoms with Gasteiger partial charge in [0.25, 0.3) is 5.92 Å². The van der Waals surface area contributed by atoms with Gasteiger partial charge in [-0.15, -0.1) is 0 Å². The quantitative estimate of drug-likeness (QED) is 0.651. The number of halogens is 2. The Hall–Kier alpha value is -0.180. The largest absolute Gasteiger partial charge is 0.301 e. The number of nitrogens with zero attached hydrogens (tertiary/aromatic N) is 1. The Balaban J connectivity index is 2.03. The molecule has 1 saturated heterocycles. The van der Waals surface area contributed by atoms with Crippen LogP contribution in [-0.2, 0) is 0 Å². The molecular weight excluding hydrogens is 196 g/mol. The second kappa shape index (κ2) is 3.69. The first kappa shape index (κ1) is 11.3. The zero-order chi connectivity index (χ0) is 11.1. The van der Waals surface area contributed by atoms with Crippen LogP contribution >= 0.6 is 0 Å². The molecule has 0 N–H and O–H groups in total. The van der Waals surface area contributed by atoms with E-state index in [2.05, 4.69) is 18.7 Å². The van der Waals surface area contributed by atoms with Gasteiger partial charge in [0.2, 0.25) is 0 Å². The highest BCUT2D eigenvalue weighted by Gasteiger charge is 2.57. The molecule has 0 bridgehead atoms. The van der Waals surface area contributed by atoms with Crippen LogP contribution in [0.2, 0.25) is 0 Å². The van der Waals surface area contributed by atoms with Gasteiger partial charge in [-0.2, -0.15) is 0 Å². The summed E-state index contributed by atoms with van der Waals surface area (Å²) in [5, 5.41) is 0. The summed E-state index contributed by atoms with van der Waals surface area (Å²) in [5.41, 5.74) is -0.640. The number of rotatable bonds is 1. The third-order valence-corrected chi connectivity index (χ3v) is 4.41. The van der Waals surface area contributed by atoms with E-state index in [1.54, 1.807) is 0 Å². The van der Waals surface area contributed by atoms with Crippen LogP contribution in [-0.4, -0.2) is 30.0 Å². The Morgan fingerprint density at radius 1 is 1.00 bits per heavy atom. The summed E-state index contributed by atoms with van der Waals surface area (Å²) in [7, 11) is 0. The summed E-state index contributed by atoms with van der Waals surface area (Å²) in [6.45, 7) is 6.00. The molecule has 2 rings (SSSR count). The van der Waals surface area contributed by atoms with Crippen LogP contribution in [0.5, 0.6) is 0 Å². The molecule has 1 spiro atoms. The van der Waals surface area contributed by atoms with Crippen molar-refractivity contribution in [1.29, 1.82) is 0 Å². The number of hydrogen-bond acceptors (Lipinski definition) is 1. The molecule has 3 heteroatoms. The summed E-state index contributed by atoms with van der Waals surface area (Å²) in [4.78, 5) is 2.32. The lowest BCUT2D eigenvalue weighted by molar-refractivity contribution is -0.125. The molecule has 2 aliphatic rings. The highest BCUT2D eigenvalue weighted by molar-refractivity contribution is 5.00. The molecule has 1 aliphatic heterocycles. The lowest BCUT2D eigenvalue weighted by Crippen LogP contribution is -2.48. The van der Waals surface area contributed by atoms with E-state index in [-0.39, 0.29) is 6.42 Å². The Labute approximate surface area is 90.8 Å². The number of alkyl halides is 2. The van der Waals surface area contributed by atoms with Gasteiger partial charge < -0.3 is 4.90 Å². The zero-order valence-corrected chi connectivity index (χ0v) is 9.73. The van der Waals surface area contributed by atoms with Gasteiger partial charge in [0, 0.05) is 17.9 Å². The van der Waals surface area contributed by atoms with Crippen molar-refractivity contribution in [1.82, 2.24) is 4.90 Å². The summed E-state index contributed by atoms with van der Waals surface area (Å²) in [5.74, 6) is -2.39. The van der Waals surface area contributed by atoms with Crippen LogP contribution in [0.1, 0.15) is 46.0 Å². The topological polar surface area (TPSA) is 3.24 Å². The molecule has 0 aromatic rings. The Kier molecular flexibility index (Phi) is 2.78. The van der Waals surface area contributed by atoms with E-state index in [0.717, 1.165) is 19.5 Å². The van der Waals surface area contributed by atoms with Crippen molar-refractivity contribution in [2.45, 2.75) is 57.9 Å². The van der Waals surface area contributed by atoms with Gasteiger partial charge in [0.15, 0.2) is 0 Å². The number of likely N-dealkylation sites (tertiary alicyclic amines) is 1. The van der Waals surface area contributed by atoms with Crippen molar-refractivity contribution >= 4 is 0 Å². The Morgan fingerprint density at radius 3 is 2.00 bits per heavy atom. The molecule has 1 saturated carbocycles. The fourth-order valence-electron chi connectivity index (χ4n) is 3.18. The van der Waals surface area contributed by atoms with Gasteiger partial charge >= 0.3 is 0 Å². The first-order chi connectivity index (χ1) is 6.97. The maximum atomic E-state index is 13.8. The van der Waals surface area contributed by atoms with E-state index >= 15 is 0 Å². The van der Waals surface area contributed by atoms with Gasteiger partial charge in [0.05, 0.1) is 0 Å². The molecule has 1 heterocycles. The van der Waals surface area contributed by atoms with E-state index in [0.29, 0.717) is 25.3 Å². The van der Waals surface area contributed by atoms with Crippen molar-refractivity contribution in [3.05, 3.63) is 0 Å². The molecular formula is C12H21F2N. The Morgan fingerprint density at radius 2 is 1.60 bits per heavy atom. The first-order valence-electron chi connectivity index (χ1n) is 6.09. The molecule has 0 radical (unpaired) electrons. The lowest BCUT2D eigenvalue weighted by atomic mass is 9.74. The van der Waals surface area contributed by atoms with Crippen LogP contribution < -0.4 is 0 Å². The van der Waals surface area contributed by atoms with Crippen molar-refractivity contribution in [3.63, 3.8) is 0 Å². The SMILES string of the molecule is CC(C)N1CCC2(CCCC2(F)F)CC1. The highest BCUT2D eigenvalue weighted by Crippen LogP contribution is 2.56. The molecule has 88 valence electrons. The second-order valence-electron chi connectivity index (χ2n) is 5.47. The van der Waals surface area contributed by atoms with E-state index in [9.17, 15) is 8.78 Å². The standard InChI is InChI=1S/C12H21F2N/c1-10(2)15-8-6-11(7-9-15)4-3-5-12(11,13)14/h10H,3-9H2,1-2H3. The molecule has 2 fully saturated rings. The van der Waals surface area contributed by atoms with Gasteiger partial charge in [0.1, 0.15) is 0 Å². The van der Waals surface area contributed by atoms with E-state index in [4.69, 9.17) is 0 Å². The minimum absolute atomic E-state index is 0.120. The summed E-state index contributed by atoms with van der Waals surface area (Å²) >= 11 is 0. The van der Waals surface area contributed by atoms with Crippen LogP contribution in [0, 0.1) is 5.41 Å². The normalized spacial score (nSPS) is 30.2. The molecule has 15 heavy (non-hydrogen) atoms. The average Bonchev–Trinajstić information content (AvgIpc) is 2.43. The lowest BCUT2D eigenvalue weighted by Gasteiger charge is -2.44. The molecule has 1 aliphatic carbocycles. The van der Waals surface area contributed by atoms with Crippen LogP contribution in [0.25, 0.3) is 0 Å². The summed E-state index contributed by atoms with van der Waals surface area (Å²) in [6.07, 6.45) is 2.96. The number of hydrogen-bond donors (Lipinski definition) is 0. The predicted molar refractivity (Wildman–Crippen MR) is 57.2 cm³/mol. The third kappa shape index (κ3) is 1.79. The van der Waals surface area contributed by atoms with Crippen molar-refractivity contribution < 1.29 is 8.78 Å². The maximum Gasteiger partial charge on any atom is 0.253 e. The molecule has 0 amide bonds. The van der Waals surface area contributed by atoms with Gasteiger partial charge in [-0.25, -0.2) is 8.78 Å². The summed E-state index contributed by atoms with van der Waals surface area (Å²) < 4.78 is 27.6. The molecule has 0 aromatic heterocycles. The fourth-order valence-corrected chi connectivity index (χ4v) is 3.18. The predicted octanol–water partition coefficient (Wildman–Crippen LogP) is 3.30. The van der Waals surface area contributed by atoms with Crippen molar-refractivity contribution in [2.75, 3.05) is 13.1 Å². The minimum Gasteiger partial charge on any atom is -0.301 e. The zero-order valence-electron chi connectivity index (χ0n) is 9.73. The monoisotopic (exact) mass is 217 g/mol. The van der Waals surface area contributed by atoms with Crippen molar-refractivity contribution in [2.24, 2.45) is 5.41 Å². The molecule has 1 nitrogen and oxygen atoms in total. The molecule has 0 atom stereocenters. The minimum atomic E-state index is -2.39.